The van der Waals surface area contributed by atoms with Gasteiger partial charge in [0.25, 0.3) is 5.91 Å². The molecule has 0 spiro atoms. The van der Waals surface area contributed by atoms with Crippen LogP contribution in [-0.2, 0) is 4.79 Å². The molecule has 1 unspecified atom stereocenters. The Morgan fingerprint density at radius 2 is 2.00 bits per heavy atom. The van der Waals surface area contributed by atoms with Gasteiger partial charge in [-0.25, -0.2) is 0 Å². The predicted molar refractivity (Wildman–Crippen MR) is 83.3 cm³/mol. The van der Waals surface area contributed by atoms with Crippen LogP contribution in [0.4, 0.5) is 0 Å². The molecule has 7 heteroatoms. The van der Waals surface area contributed by atoms with Crippen LogP contribution in [0.3, 0.4) is 0 Å². The molecule has 6 nitrogen and oxygen atoms in total. The fourth-order valence-corrected chi connectivity index (χ4v) is 2.25. The normalized spacial score (nSPS) is 12.0. The van der Waals surface area contributed by atoms with E-state index in [0.29, 0.717) is 10.4 Å². The molecule has 0 fully saturated rings. The number of likely N-dealkylation sites (N-methyl/N-ethyl adjacent to an activating group) is 2. The van der Waals surface area contributed by atoms with Crippen molar-refractivity contribution in [2.45, 2.75) is 13.0 Å². The molecule has 118 valence electrons. The summed E-state index contributed by atoms with van der Waals surface area (Å²) in [5.74, 6) is 0.340. The summed E-state index contributed by atoms with van der Waals surface area (Å²) in [6, 6.07) is 6.57. The molecule has 0 radical (unpaired) electrons. The molecule has 2 aromatic rings. The lowest BCUT2D eigenvalue weighted by atomic mass is 10.2. The molecule has 22 heavy (non-hydrogen) atoms. The number of hydrogen-bond acceptors (Lipinski definition) is 4. The number of carbonyl (C=O) groups is 2. The Kier molecular flexibility index (Phi) is 5.07. The maximum absolute atomic E-state index is 12.3. The van der Waals surface area contributed by atoms with Crippen LogP contribution in [0.15, 0.2) is 44.0 Å². The van der Waals surface area contributed by atoms with E-state index in [1.54, 1.807) is 43.5 Å². The summed E-state index contributed by atoms with van der Waals surface area (Å²) >= 11 is 3.14. The molecule has 0 bridgehead atoms. The zero-order valence-corrected chi connectivity index (χ0v) is 14.2. The number of hydrogen-bond donors (Lipinski definition) is 0. The first-order chi connectivity index (χ1) is 10.4. The van der Waals surface area contributed by atoms with Crippen molar-refractivity contribution in [1.29, 1.82) is 0 Å². The highest BCUT2D eigenvalue weighted by molar-refractivity contribution is 9.10. The van der Waals surface area contributed by atoms with Crippen molar-refractivity contribution in [3.8, 4) is 0 Å². The lowest BCUT2D eigenvalue weighted by molar-refractivity contribution is -0.132. The second-order valence-corrected chi connectivity index (χ2v) is 5.74. The molecule has 0 saturated carbocycles. The number of nitrogens with zero attached hydrogens (tertiary/aromatic N) is 2. The Morgan fingerprint density at radius 3 is 2.55 bits per heavy atom. The summed E-state index contributed by atoms with van der Waals surface area (Å²) in [6.45, 7) is 1.82. The minimum Gasteiger partial charge on any atom is -0.467 e. The van der Waals surface area contributed by atoms with E-state index >= 15 is 0 Å². The molecule has 0 saturated heterocycles. The maximum atomic E-state index is 12.3. The monoisotopic (exact) mass is 368 g/mol. The van der Waals surface area contributed by atoms with E-state index in [9.17, 15) is 9.59 Å². The van der Waals surface area contributed by atoms with E-state index in [4.69, 9.17) is 8.83 Å². The molecular formula is C15H17BrN2O4. The Balaban J connectivity index is 1.97. The van der Waals surface area contributed by atoms with E-state index in [0.717, 1.165) is 0 Å². The van der Waals surface area contributed by atoms with Crippen molar-refractivity contribution >= 4 is 27.7 Å². The Bertz CT molecular complexity index is 650. The van der Waals surface area contributed by atoms with E-state index in [2.05, 4.69) is 15.9 Å². The molecule has 2 amide bonds. The average molecular weight is 369 g/mol. The fraction of sp³-hybridized carbons (Fsp3) is 0.333. The Labute approximate surface area is 136 Å². The summed E-state index contributed by atoms with van der Waals surface area (Å²) in [5.41, 5.74) is 0. The van der Waals surface area contributed by atoms with Crippen molar-refractivity contribution in [3.05, 3.63) is 46.7 Å². The van der Waals surface area contributed by atoms with Gasteiger partial charge in [0, 0.05) is 14.1 Å². The van der Waals surface area contributed by atoms with Gasteiger partial charge < -0.3 is 18.6 Å². The first-order valence-corrected chi connectivity index (χ1v) is 7.49. The van der Waals surface area contributed by atoms with Crippen LogP contribution in [-0.4, -0.2) is 42.3 Å². The molecule has 0 aliphatic carbocycles. The van der Waals surface area contributed by atoms with Crippen molar-refractivity contribution < 1.29 is 18.4 Å². The third-order valence-corrected chi connectivity index (χ3v) is 3.86. The highest BCUT2D eigenvalue weighted by Gasteiger charge is 2.23. The lowest BCUT2D eigenvalue weighted by Gasteiger charge is -2.25. The summed E-state index contributed by atoms with van der Waals surface area (Å²) in [7, 11) is 3.24. The van der Waals surface area contributed by atoms with Crippen molar-refractivity contribution in [2.24, 2.45) is 0 Å². The van der Waals surface area contributed by atoms with Gasteiger partial charge in [-0.15, -0.1) is 0 Å². The van der Waals surface area contributed by atoms with Crippen LogP contribution in [0.2, 0.25) is 0 Å². The Hall–Kier alpha value is -2.02. The van der Waals surface area contributed by atoms with Crippen LogP contribution in [0.1, 0.15) is 29.3 Å². The molecule has 0 N–H and O–H groups in total. The second-order valence-electron chi connectivity index (χ2n) is 4.96. The highest BCUT2D eigenvalue weighted by atomic mass is 79.9. The van der Waals surface area contributed by atoms with Crippen molar-refractivity contribution in [3.63, 3.8) is 0 Å². The molecule has 0 aliphatic rings. The number of carbonyl (C=O) groups excluding carboxylic acids is 2. The van der Waals surface area contributed by atoms with Gasteiger partial charge in [-0.1, -0.05) is 0 Å². The van der Waals surface area contributed by atoms with Crippen LogP contribution in [0.25, 0.3) is 0 Å². The molecule has 2 rings (SSSR count). The molecule has 1 atom stereocenters. The third-order valence-electron chi connectivity index (χ3n) is 3.43. The Morgan fingerprint density at radius 1 is 1.27 bits per heavy atom. The van der Waals surface area contributed by atoms with E-state index < -0.39 is 0 Å². The smallest absolute Gasteiger partial charge is 0.289 e. The molecule has 2 aromatic heterocycles. The number of amides is 2. The number of rotatable bonds is 5. The van der Waals surface area contributed by atoms with E-state index in [-0.39, 0.29) is 30.2 Å². The summed E-state index contributed by atoms with van der Waals surface area (Å²) in [4.78, 5) is 27.3. The van der Waals surface area contributed by atoms with E-state index in [1.807, 2.05) is 13.0 Å². The van der Waals surface area contributed by atoms with Gasteiger partial charge in [-0.05, 0) is 47.1 Å². The molecular weight excluding hydrogens is 352 g/mol. The SMILES string of the molecule is CC(c1ccco1)N(C)C(=O)CN(C)C(=O)c1ccc(Br)o1. The van der Waals surface area contributed by atoms with Crippen LogP contribution < -0.4 is 0 Å². The van der Waals surface area contributed by atoms with Gasteiger partial charge in [0.15, 0.2) is 10.4 Å². The predicted octanol–water partition coefficient (Wildman–Crippen LogP) is 2.93. The fourth-order valence-electron chi connectivity index (χ4n) is 1.94. The molecule has 0 aromatic carbocycles. The second kappa shape index (κ2) is 6.83. The quantitative estimate of drug-likeness (QED) is 0.813. The van der Waals surface area contributed by atoms with Gasteiger partial charge in [-0.3, -0.25) is 9.59 Å². The molecule has 2 heterocycles. The van der Waals surface area contributed by atoms with Gasteiger partial charge in [0.2, 0.25) is 5.91 Å². The van der Waals surface area contributed by atoms with Crippen molar-refractivity contribution in [2.75, 3.05) is 20.6 Å². The zero-order valence-electron chi connectivity index (χ0n) is 12.6. The first kappa shape index (κ1) is 16.4. The number of furan rings is 2. The van der Waals surface area contributed by atoms with Gasteiger partial charge >= 0.3 is 0 Å². The summed E-state index contributed by atoms with van der Waals surface area (Å²) in [6.07, 6.45) is 1.56. The highest BCUT2D eigenvalue weighted by Crippen LogP contribution is 2.19. The van der Waals surface area contributed by atoms with Crippen molar-refractivity contribution in [1.82, 2.24) is 9.80 Å². The largest absolute Gasteiger partial charge is 0.467 e. The zero-order chi connectivity index (χ0) is 16.3. The first-order valence-electron chi connectivity index (χ1n) is 6.70. The topological polar surface area (TPSA) is 66.9 Å². The maximum Gasteiger partial charge on any atom is 0.289 e. The minimum atomic E-state index is -0.349. The third kappa shape index (κ3) is 3.59. The van der Waals surface area contributed by atoms with Crippen LogP contribution in [0.5, 0.6) is 0 Å². The average Bonchev–Trinajstić information content (AvgIpc) is 3.15. The van der Waals surface area contributed by atoms with E-state index in [1.165, 1.54) is 4.90 Å². The standard InChI is InChI=1S/C15H17BrN2O4/c1-10(11-5-4-8-21-11)18(3)14(19)9-17(2)15(20)12-6-7-13(16)22-12/h4-8,10H,9H2,1-3H3. The van der Waals surface area contributed by atoms with Gasteiger partial charge in [0.05, 0.1) is 18.8 Å². The minimum absolute atomic E-state index is 0.0430. The van der Waals surface area contributed by atoms with Gasteiger partial charge in [-0.2, -0.15) is 0 Å². The number of halogens is 1. The lowest BCUT2D eigenvalue weighted by Crippen LogP contribution is -2.40. The van der Waals surface area contributed by atoms with Gasteiger partial charge in [0.1, 0.15) is 5.76 Å². The molecule has 0 aliphatic heterocycles. The summed E-state index contributed by atoms with van der Waals surface area (Å²) in [5, 5.41) is 0. The summed E-state index contributed by atoms with van der Waals surface area (Å²) < 4.78 is 11.0. The van der Waals surface area contributed by atoms with Crippen LogP contribution in [0, 0.1) is 0 Å². The van der Waals surface area contributed by atoms with Crippen LogP contribution >= 0.6 is 15.9 Å².